The first-order valence-electron chi connectivity index (χ1n) is 9.80. The van der Waals surface area contributed by atoms with Crippen molar-refractivity contribution in [2.24, 2.45) is 5.92 Å². The van der Waals surface area contributed by atoms with Crippen LogP contribution in [0, 0.1) is 5.92 Å². The molecule has 1 aliphatic heterocycles. The molecule has 0 unspecified atom stereocenters. The second-order valence-electron chi connectivity index (χ2n) is 7.43. The minimum atomic E-state index is -1.87. The number of fused-ring (bicyclic) bond motifs is 1. The number of ketones is 1. The van der Waals surface area contributed by atoms with Gasteiger partial charge in [-0.3, -0.25) is 9.59 Å². The fraction of sp³-hybridized carbons (Fsp3) is 0.200. The Balaban J connectivity index is 1.67. The van der Waals surface area contributed by atoms with Crippen molar-refractivity contribution in [3.05, 3.63) is 102 Å². The zero-order valence-electron chi connectivity index (χ0n) is 16.3. The van der Waals surface area contributed by atoms with Crippen LogP contribution in [-0.2, 0) is 16.8 Å². The monoisotopic (exact) mass is 385 g/mol. The topological polar surface area (TPSA) is 57.6 Å². The molecule has 0 aliphatic carbocycles. The van der Waals surface area contributed by atoms with E-state index in [1.807, 2.05) is 48.5 Å². The second-order valence-corrected chi connectivity index (χ2v) is 7.43. The van der Waals surface area contributed by atoms with E-state index in [0.29, 0.717) is 29.8 Å². The highest BCUT2D eigenvalue weighted by Crippen LogP contribution is 2.45. The van der Waals surface area contributed by atoms with Crippen molar-refractivity contribution >= 4 is 17.4 Å². The molecule has 3 aromatic rings. The Morgan fingerprint density at radius 1 is 0.931 bits per heavy atom. The molecule has 4 rings (SSSR count). The van der Waals surface area contributed by atoms with E-state index in [4.69, 9.17) is 0 Å². The third-order valence-corrected chi connectivity index (χ3v) is 5.72. The standard InChI is InChI=1S/C25H23NO3/c1-18(23(27)20-12-6-3-7-13-20)25(29)21-14-8-9-15-22(21)26(24(25)28)17-16-19-10-4-2-5-11-19/h2-15,18,29H,16-17H2,1H3/t18-,25-/m1/s1. The third kappa shape index (κ3) is 3.26. The molecule has 1 heterocycles. The first-order valence-corrected chi connectivity index (χ1v) is 9.80. The lowest BCUT2D eigenvalue weighted by molar-refractivity contribution is -0.139. The van der Waals surface area contributed by atoms with Crippen molar-refractivity contribution in [2.75, 3.05) is 11.4 Å². The van der Waals surface area contributed by atoms with Crippen LogP contribution in [-0.4, -0.2) is 23.3 Å². The van der Waals surface area contributed by atoms with Crippen molar-refractivity contribution in [3.8, 4) is 0 Å². The van der Waals surface area contributed by atoms with Gasteiger partial charge in [-0.15, -0.1) is 0 Å². The Kier molecular flexibility index (Phi) is 5.03. The van der Waals surface area contributed by atoms with E-state index in [-0.39, 0.29) is 5.78 Å². The summed E-state index contributed by atoms with van der Waals surface area (Å²) in [5, 5.41) is 11.6. The largest absolute Gasteiger partial charge is 0.375 e. The molecule has 4 nitrogen and oxygen atoms in total. The SMILES string of the molecule is C[C@H](C(=O)c1ccccc1)[C@]1(O)C(=O)N(CCc2ccccc2)c2ccccc21. The zero-order chi connectivity index (χ0) is 20.4. The number of carbonyl (C=O) groups is 2. The Labute approximate surface area is 170 Å². The van der Waals surface area contributed by atoms with Crippen molar-refractivity contribution < 1.29 is 14.7 Å². The van der Waals surface area contributed by atoms with Crippen LogP contribution < -0.4 is 4.90 Å². The van der Waals surface area contributed by atoms with E-state index in [0.717, 1.165) is 5.56 Å². The van der Waals surface area contributed by atoms with Gasteiger partial charge in [0, 0.05) is 17.7 Å². The molecular formula is C25H23NO3. The van der Waals surface area contributed by atoms with E-state index in [1.54, 1.807) is 48.2 Å². The van der Waals surface area contributed by atoms with Crippen molar-refractivity contribution in [1.29, 1.82) is 0 Å². The van der Waals surface area contributed by atoms with Gasteiger partial charge in [0.05, 0.1) is 11.6 Å². The lowest BCUT2D eigenvalue weighted by Crippen LogP contribution is -2.47. The fourth-order valence-electron chi connectivity index (χ4n) is 4.03. The Hall–Kier alpha value is -3.24. The molecule has 0 spiro atoms. The Bertz CT molecular complexity index is 1030. The lowest BCUT2D eigenvalue weighted by atomic mass is 9.79. The van der Waals surface area contributed by atoms with Crippen LogP contribution in [0.5, 0.6) is 0 Å². The predicted molar refractivity (Wildman–Crippen MR) is 113 cm³/mol. The molecule has 0 bridgehead atoms. The number of carbonyl (C=O) groups excluding carboxylic acids is 2. The number of aliphatic hydroxyl groups is 1. The smallest absolute Gasteiger partial charge is 0.264 e. The molecule has 146 valence electrons. The molecule has 2 atom stereocenters. The molecule has 0 saturated carbocycles. The van der Waals surface area contributed by atoms with Crippen LogP contribution in [0.3, 0.4) is 0 Å². The molecule has 29 heavy (non-hydrogen) atoms. The number of hydrogen-bond donors (Lipinski definition) is 1. The number of nitrogens with zero attached hydrogens (tertiary/aromatic N) is 1. The van der Waals surface area contributed by atoms with Crippen LogP contribution in [0.4, 0.5) is 5.69 Å². The van der Waals surface area contributed by atoms with Crippen molar-refractivity contribution in [2.45, 2.75) is 18.9 Å². The van der Waals surface area contributed by atoms with Gasteiger partial charge in [-0.25, -0.2) is 0 Å². The number of Topliss-reactive ketones (excluding diaryl/α,β-unsaturated/α-hetero) is 1. The lowest BCUT2D eigenvalue weighted by Gasteiger charge is -2.28. The summed E-state index contributed by atoms with van der Waals surface area (Å²) in [5.74, 6) is -1.59. The average molecular weight is 385 g/mol. The minimum absolute atomic E-state index is 0.249. The maximum atomic E-state index is 13.4. The number of rotatable bonds is 6. The first kappa shape index (κ1) is 19.1. The highest BCUT2D eigenvalue weighted by molar-refractivity contribution is 6.11. The number of para-hydroxylation sites is 1. The molecule has 3 aromatic carbocycles. The summed E-state index contributed by atoms with van der Waals surface area (Å²) in [4.78, 5) is 28.1. The summed E-state index contributed by atoms with van der Waals surface area (Å²) < 4.78 is 0. The van der Waals surface area contributed by atoms with Crippen molar-refractivity contribution in [1.82, 2.24) is 0 Å². The van der Waals surface area contributed by atoms with Gasteiger partial charge in [0.15, 0.2) is 11.4 Å². The van der Waals surface area contributed by atoms with E-state index in [9.17, 15) is 14.7 Å². The highest BCUT2D eigenvalue weighted by atomic mass is 16.3. The zero-order valence-corrected chi connectivity index (χ0v) is 16.3. The minimum Gasteiger partial charge on any atom is -0.375 e. The molecule has 0 fully saturated rings. The van der Waals surface area contributed by atoms with E-state index in [2.05, 4.69) is 0 Å². The van der Waals surface area contributed by atoms with Gasteiger partial charge in [-0.1, -0.05) is 85.8 Å². The molecule has 1 amide bonds. The summed E-state index contributed by atoms with van der Waals surface area (Å²) in [5.41, 5.74) is 0.891. The first-order chi connectivity index (χ1) is 14.0. The van der Waals surface area contributed by atoms with Crippen LogP contribution in [0.2, 0.25) is 0 Å². The van der Waals surface area contributed by atoms with Gasteiger partial charge < -0.3 is 10.0 Å². The van der Waals surface area contributed by atoms with E-state index in [1.165, 1.54) is 0 Å². The molecule has 1 aliphatic rings. The summed E-state index contributed by atoms with van der Waals surface area (Å²) in [6, 6.07) is 25.9. The maximum Gasteiger partial charge on any atom is 0.264 e. The molecule has 4 heteroatoms. The third-order valence-electron chi connectivity index (χ3n) is 5.72. The highest BCUT2D eigenvalue weighted by Gasteiger charge is 2.55. The Morgan fingerprint density at radius 2 is 1.52 bits per heavy atom. The number of anilines is 1. The summed E-state index contributed by atoms with van der Waals surface area (Å²) in [6.07, 6.45) is 0.665. The second kappa shape index (κ2) is 7.64. The van der Waals surface area contributed by atoms with Crippen molar-refractivity contribution in [3.63, 3.8) is 0 Å². The number of hydrogen-bond acceptors (Lipinski definition) is 3. The van der Waals surface area contributed by atoms with Gasteiger partial charge in [-0.2, -0.15) is 0 Å². The van der Waals surface area contributed by atoms with Crippen LogP contribution in [0.25, 0.3) is 0 Å². The number of benzene rings is 3. The normalized spacial score (nSPS) is 19.1. The van der Waals surface area contributed by atoms with Gasteiger partial charge in [0.1, 0.15) is 0 Å². The van der Waals surface area contributed by atoms with Gasteiger partial charge in [-0.05, 0) is 18.1 Å². The van der Waals surface area contributed by atoms with Crippen LogP contribution in [0.15, 0.2) is 84.9 Å². The Morgan fingerprint density at radius 3 is 2.21 bits per heavy atom. The number of amides is 1. The molecule has 0 aromatic heterocycles. The quantitative estimate of drug-likeness (QED) is 0.653. The molecule has 0 radical (unpaired) electrons. The molecule has 0 saturated heterocycles. The van der Waals surface area contributed by atoms with Gasteiger partial charge >= 0.3 is 0 Å². The van der Waals surface area contributed by atoms with Crippen LogP contribution in [0.1, 0.15) is 28.4 Å². The molecule has 1 N–H and O–H groups in total. The molecular weight excluding hydrogens is 362 g/mol. The average Bonchev–Trinajstić information content (AvgIpc) is 3.00. The fourth-order valence-corrected chi connectivity index (χ4v) is 4.03. The maximum absolute atomic E-state index is 13.4. The van der Waals surface area contributed by atoms with Gasteiger partial charge in [0.25, 0.3) is 5.91 Å². The summed E-state index contributed by atoms with van der Waals surface area (Å²) >= 11 is 0. The predicted octanol–water partition coefficient (Wildman–Crippen LogP) is 3.98. The van der Waals surface area contributed by atoms with Gasteiger partial charge in [0.2, 0.25) is 0 Å². The van der Waals surface area contributed by atoms with E-state index >= 15 is 0 Å². The summed E-state index contributed by atoms with van der Waals surface area (Å²) in [6.45, 7) is 2.07. The van der Waals surface area contributed by atoms with E-state index < -0.39 is 17.4 Å². The summed E-state index contributed by atoms with van der Waals surface area (Å²) in [7, 11) is 0. The van der Waals surface area contributed by atoms with Crippen LogP contribution >= 0.6 is 0 Å².